The Morgan fingerprint density at radius 1 is 1.21 bits per heavy atom. The molecule has 0 saturated carbocycles. The Kier molecular flexibility index (Phi) is 4.11. The van der Waals surface area contributed by atoms with Gasteiger partial charge in [0.15, 0.2) is 11.5 Å². The summed E-state index contributed by atoms with van der Waals surface area (Å²) < 4.78 is 12.5. The highest BCUT2D eigenvalue weighted by molar-refractivity contribution is 9.10. The summed E-state index contributed by atoms with van der Waals surface area (Å²) in [6.45, 7) is 9.11. The number of halogens is 1. The molecule has 4 heteroatoms. The van der Waals surface area contributed by atoms with Crippen LogP contribution in [0.5, 0.6) is 11.5 Å². The molecule has 1 heterocycles. The highest BCUT2D eigenvalue weighted by atomic mass is 79.9. The number of rotatable bonds is 2. The molecule has 19 heavy (non-hydrogen) atoms. The van der Waals surface area contributed by atoms with Crippen LogP contribution in [0.15, 0.2) is 10.5 Å². The average molecular weight is 329 g/mol. The van der Waals surface area contributed by atoms with Gasteiger partial charge in [-0.3, -0.25) is 0 Å². The van der Waals surface area contributed by atoms with Crippen LogP contribution in [-0.2, 0) is 5.60 Å². The second-order valence-electron chi connectivity index (χ2n) is 5.74. The fourth-order valence-corrected chi connectivity index (χ4v) is 2.91. The SMILES string of the molecule is CC(C)c1c(C(C)(C)O)cc(Br)c2c1OCCCO2. The quantitative estimate of drug-likeness (QED) is 0.892. The predicted molar refractivity (Wildman–Crippen MR) is 79.1 cm³/mol. The van der Waals surface area contributed by atoms with Crippen LogP contribution in [0.3, 0.4) is 0 Å². The molecule has 0 bridgehead atoms. The minimum Gasteiger partial charge on any atom is -0.489 e. The Morgan fingerprint density at radius 2 is 1.79 bits per heavy atom. The molecule has 1 aromatic carbocycles. The van der Waals surface area contributed by atoms with Gasteiger partial charge in [0, 0.05) is 12.0 Å². The van der Waals surface area contributed by atoms with E-state index in [1.165, 1.54) is 0 Å². The summed E-state index contributed by atoms with van der Waals surface area (Å²) in [6.07, 6.45) is 0.872. The van der Waals surface area contributed by atoms with Gasteiger partial charge in [-0.25, -0.2) is 0 Å². The van der Waals surface area contributed by atoms with Crippen molar-refractivity contribution in [1.29, 1.82) is 0 Å². The van der Waals surface area contributed by atoms with E-state index in [0.29, 0.717) is 13.2 Å². The maximum atomic E-state index is 10.4. The van der Waals surface area contributed by atoms with E-state index in [0.717, 1.165) is 33.5 Å². The van der Waals surface area contributed by atoms with E-state index in [1.807, 2.05) is 6.07 Å². The number of benzene rings is 1. The number of hydrogen-bond acceptors (Lipinski definition) is 3. The van der Waals surface area contributed by atoms with E-state index in [2.05, 4.69) is 29.8 Å². The number of hydrogen-bond donors (Lipinski definition) is 1. The molecule has 1 aliphatic heterocycles. The molecule has 1 aliphatic rings. The summed E-state index contributed by atoms with van der Waals surface area (Å²) in [5.41, 5.74) is 1.01. The normalized spacial score (nSPS) is 15.5. The Balaban J connectivity index is 2.71. The van der Waals surface area contributed by atoms with Crippen LogP contribution < -0.4 is 9.47 Å². The van der Waals surface area contributed by atoms with Crippen LogP contribution in [-0.4, -0.2) is 18.3 Å². The Morgan fingerprint density at radius 3 is 2.32 bits per heavy atom. The van der Waals surface area contributed by atoms with Crippen LogP contribution in [0.4, 0.5) is 0 Å². The van der Waals surface area contributed by atoms with Gasteiger partial charge in [-0.15, -0.1) is 0 Å². The van der Waals surface area contributed by atoms with E-state index in [4.69, 9.17) is 9.47 Å². The molecule has 0 amide bonds. The van der Waals surface area contributed by atoms with Crippen LogP contribution >= 0.6 is 15.9 Å². The van der Waals surface area contributed by atoms with E-state index in [9.17, 15) is 5.11 Å². The van der Waals surface area contributed by atoms with Gasteiger partial charge in [-0.05, 0) is 47.3 Å². The van der Waals surface area contributed by atoms with Gasteiger partial charge in [0.05, 0.1) is 23.3 Å². The minimum absolute atomic E-state index is 0.255. The first-order valence-electron chi connectivity index (χ1n) is 6.67. The molecule has 106 valence electrons. The van der Waals surface area contributed by atoms with Crippen LogP contribution in [0.25, 0.3) is 0 Å². The highest BCUT2D eigenvalue weighted by Crippen LogP contribution is 2.47. The van der Waals surface area contributed by atoms with Crippen molar-refractivity contribution < 1.29 is 14.6 Å². The molecule has 0 atom stereocenters. The summed E-state index contributed by atoms with van der Waals surface area (Å²) in [6, 6.07) is 1.95. The van der Waals surface area contributed by atoms with Gasteiger partial charge in [0.1, 0.15) is 0 Å². The molecule has 1 aromatic rings. The van der Waals surface area contributed by atoms with Gasteiger partial charge in [0.25, 0.3) is 0 Å². The van der Waals surface area contributed by atoms with Gasteiger partial charge < -0.3 is 14.6 Å². The fourth-order valence-electron chi connectivity index (χ4n) is 2.39. The molecule has 1 N–H and O–H groups in total. The Labute approximate surface area is 123 Å². The highest BCUT2D eigenvalue weighted by Gasteiger charge is 2.29. The minimum atomic E-state index is -0.910. The summed E-state index contributed by atoms with van der Waals surface area (Å²) in [7, 11) is 0. The smallest absolute Gasteiger partial charge is 0.175 e. The molecule has 0 fully saturated rings. The van der Waals surface area contributed by atoms with Crippen molar-refractivity contribution >= 4 is 15.9 Å². The largest absolute Gasteiger partial charge is 0.489 e. The lowest BCUT2D eigenvalue weighted by Gasteiger charge is -2.27. The lowest BCUT2D eigenvalue weighted by Crippen LogP contribution is -2.19. The fraction of sp³-hybridized carbons (Fsp3) is 0.600. The molecule has 0 saturated heterocycles. The van der Waals surface area contributed by atoms with E-state index in [-0.39, 0.29) is 5.92 Å². The summed E-state index contributed by atoms with van der Waals surface area (Å²) in [4.78, 5) is 0. The van der Waals surface area contributed by atoms with E-state index in [1.54, 1.807) is 13.8 Å². The topological polar surface area (TPSA) is 38.7 Å². The zero-order valence-corrected chi connectivity index (χ0v) is 13.5. The summed E-state index contributed by atoms with van der Waals surface area (Å²) in [5.74, 6) is 1.79. The molecule has 0 unspecified atom stereocenters. The van der Waals surface area contributed by atoms with Crippen LogP contribution in [0.1, 0.15) is 51.2 Å². The maximum absolute atomic E-state index is 10.4. The lowest BCUT2D eigenvalue weighted by molar-refractivity contribution is 0.0767. The molecule has 0 spiro atoms. The third-order valence-electron chi connectivity index (χ3n) is 3.25. The molecule has 2 rings (SSSR count). The van der Waals surface area contributed by atoms with Gasteiger partial charge in [-0.1, -0.05) is 13.8 Å². The molecule has 0 aliphatic carbocycles. The molecule has 0 aromatic heterocycles. The number of ether oxygens (including phenoxy) is 2. The Bertz CT molecular complexity index is 475. The third kappa shape index (κ3) is 2.90. The Hall–Kier alpha value is -0.740. The van der Waals surface area contributed by atoms with Crippen molar-refractivity contribution in [2.24, 2.45) is 0 Å². The van der Waals surface area contributed by atoms with Crippen LogP contribution in [0, 0.1) is 0 Å². The van der Waals surface area contributed by atoms with Crippen molar-refractivity contribution in [3.8, 4) is 11.5 Å². The molecule has 0 radical (unpaired) electrons. The van der Waals surface area contributed by atoms with Crippen LogP contribution in [0.2, 0.25) is 0 Å². The molecular formula is C15H21BrO3. The number of fused-ring (bicyclic) bond motifs is 1. The lowest BCUT2D eigenvalue weighted by atomic mass is 9.87. The van der Waals surface area contributed by atoms with Gasteiger partial charge >= 0.3 is 0 Å². The second kappa shape index (κ2) is 5.33. The molecular weight excluding hydrogens is 308 g/mol. The standard InChI is InChI=1S/C15H21BrO3/c1-9(2)12-10(15(3,4)17)8-11(16)13-14(12)19-7-5-6-18-13/h8-9,17H,5-7H2,1-4H3. The zero-order valence-electron chi connectivity index (χ0n) is 11.9. The van der Waals surface area contributed by atoms with Crippen molar-refractivity contribution in [2.75, 3.05) is 13.2 Å². The van der Waals surface area contributed by atoms with E-state index < -0.39 is 5.60 Å². The summed E-state index contributed by atoms with van der Waals surface area (Å²) in [5, 5.41) is 10.4. The van der Waals surface area contributed by atoms with Crippen molar-refractivity contribution in [3.05, 3.63) is 21.7 Å². The molecule has 3 nitrogen and oxygen atoms in total. The zero-order chi connectivity index (χ0) is 14.2. The predicted octanol–water partition coefficient (Wildman–Crippen LogP) is 3.96. The first-order chi connectivity index (χ1) is 8.82. The first kappa shape index (κ1) is 14.7. The second-order valence-corrected chi connectivity index (χ2v) is 6.60. The van der Waals surface area contributed by atoms with Crippen molar-refractivity contribution in [1.82, 2.24) is 0 Å². The van der Waals surface area contributed by atoms with Gasteiger partial charge in [-0.2, -0.15) is 0 Å². The maximum Gasteiger partial charge on any atom is 0.175 e. The van der Waals surface area contributed by atoms with Crippen molar-refractivity contribution in [3.63, 3.8) is 0 Å². The van der Waals surface area contributed by atoms with E-state index >= 15 is 0 Å². The monoisotopic (exact) mass is 328 g/mol. The van der Waals surface area contributed by atoms with Crippen molar-refractivity contribution in [2.45, 2.75) is 45.6 Å². The first-order valence-corrected chi connectivity index (χ1v) is 7.46. The average Bonchev–Trinajstić information content (AvgIpc) is 2.52. The number of aliphatic hydroxyl groups is 1. The third-order valence-corrected chi connectivity index (χ3v) is 3.84. The van der Waals surface area contributed by atoms with Gasteiger partial charge in [0.2, 0.25) is 0 Å². The summed E-state index contributed by atoms with van der Waals surface area (Å²) >= 11 is 3.53.